The van der Waals surface area contributed by atoms with Crippen LogP contribution in [0.25, 0.3) is 11.8 Å². The smallest absolute Gasteiger partial charge is 0.188 e. The molecule has 1 heterocycles. The van der Waals surface area contributed by atoms with Crippen molar-refractivity contribution in [3.05, 3.63) is 90.0 Å². The molecule has 0 radical (unpaired) electrons. The third kappa shape index (κ3) is 3.23. The number of imidazole rings is 1. The van der Waals surface area contributed by atoms with Crippen molar-refractivity contribution in [3.63, 3.8) is 0 Å². The van der Waals surface area contributed by atoms with Crippen molar-refractivity contribution in [1.82, 2.24) is 9.55 Å². The van der Waals surface area contributed by atoms with Crippen LogP contribution in [0.3, 0.4) is 0 Å². The van der Waals surface area contributed by atoms with E-state index in [2.05, 4.69) is 4.98 Å². The van der Waals surface area contributed by atoms with Crippen LogP contribution < -0.4 is 0 Å². The highest BCUT2D eigenvalue weighted by molar-refractivity contribution is 6.07. The van der Waals surface area contributed by atoms with Crippen LogP contribution in [-0.2, 0) is 0 Å². The molecule has 0 aliphatic carbocycles. The van der Waals surface area contributed by atoms with E-state index in [0.29, 0.717) is 0 Å². The standard InChI is InChI=1S/C18H12F2N2O/c19-16-3-1-2-15(18(16)20)17(23)9-6-13-4-7-14(8-5-13)22-11-10-21-12-22/h1-12H/b9-6+. The minimum Gasteiger partial charge on any atom is -0.306 e. The molecule has 0 aliphatic rings. The summed E-state index contributed by atoms with van der Waals surface area (Å²) >= 11 is 0. The van der Waals surface area contributed by atoms with E-state index in [1.807, 2.05) is 35.0 Å². The molecular formula is C18H12F2N2O. The van der Waals surface area contributed by atoms with E-state index in [-0.39, 0.29) is 5.56 Å². The monoisotopic (exact) mass is 310 g/mol. The lowest BCUT2D eigenvalue weighted by molar-refractivity contribution is 0.104. The van der Waals surface area contributed by atoms with Gasteiger partial charge < -0.3 is 4.57 Å². The van der Waals surface area contributed by atoms with Gasteiger partial charge in [-0.15, -0.1) is 0 Å². The van der Waals surface area contributed by atoms with Crippen molar-refractivity contribution in [2.45, 2.75) is 0 Å². The summed E-state index contributed by atoms with van der Waals surface area (Å²) in [6.07, 6.45) is 7.97. The van der Waals surface area contributed by atoms with Crippen molar-refractivity contribution in [2.75, 3.05) is 0 Å². The highest BCUT2D eigenvalue weighted by Crippen LogP contribution is 2.14. The molecule has 114 valence electrons. The molecule has 0 amide bonds. The Morgan fingerprint density at radius 3 is 2.57 bits per heavy atom. The summed E-state index contributed by atoms with van der Waals surface area (Å²) in [6, 6.07) is 10.9. The summed E-state index contributed by atoms with van der Waals surface area (Å²) in [5.74, 6) is -2.74. The second-order valence-corrected chi connectivity index (χ2v) is 4.86. The van der Waals surface area contributed by atoms with Gasteiger partial charge >= 0.3 is 0 Å². The Bertz CT molecular complexity index is 853. The summed E-state index contributed by atoms with van der Waals surface area (Å²) in [5.41, 5.74) is 1.43. The van der Waals surface area contributed by atoms with Crippen molar-refractivity contribution in [3.8, 4) is 5.69 Å². The summed E-state index contributed by atoms with van der Waals surface area (Å²) in [4.78, 5) is 15.9. The van der Waals surface area contributed by atoms with Gasteiger partial charge in [0.15, 0.2) is 17.4 Å². The first kappa shape index (κ1) is 14.8. The van der Waals surface area contributed by atoms with Crippen molar-refractivity contribution in [2.24, 2.45) is 0 Å². The molecule has 0 N–H and O–H groups in total. The number of carbonyl (C=O) groups is 1. The minimum absolute atomic E-state index is 0.281. The fourth-order valence-electron chi connectivity index (χ4n) is 2.13. The van der Waals surface area contributed by atoms with Crippen LogP contribution >= 0.6 is 0 Å². The quantitative estimate of drug-likeness (QED) is 0.538. The number of halogens is 2. The molecule has 0 saturated carbocycles. The molecule has 0 fully saturated rings. The van der Waals surface area contributed by atoms with Crippen molar-refractivity contribution >= 4 is 11.9 Å². The van der Waals surface area contributed by atoms with Gasteiger partial charge in [-0.1, -0.05) is 24.3 Å². The molecule has 0 unspecified atom stereocenters. The highest BCUT2D eigenvalue weighted by Gasteiger charge is 2.12. The fraction of sp³-hybridized carbons (Fsp3) is 0. The van der Waals surface area contributed by atoms with Gasteiger partial charge in [0.1, 0.15) is 0 Å². The summed E-state index contributed by atoms with van der Waals surface area (Å²) in [5, 5.41) is 0. The Morgan fingerprint density at radius 1 is 1.09 bits per heavy atom. The van der Waals surface area contributed by atoms with Crippen LogP contribution in [0.5, 0.6) is 0 Å². The number of ketones is 1. The zero-order chi connectivity index (χ0) is 16.2. The Kier molecular flexibility index (Phi) is 4.10. The number of rotatable bonds is 4. The molecule has 23 heavy (non-hydrogen) atoms. The average Bonchev–Trinajstić information content (AvgIpc) is 3.10. The van der Waals surface area contributed by atoms with E-state index in [1.165, 1.54) is 18.2 Å². The van der Waals surface area contributed by atoms with Gasteiger partial charge in [0.2, 0.25) is 0 Å². The van der Waals surface area contributed by atoms with Gasteiger partial charge in [-0.3, -0.25) is 4.79 Å². The third-order valence-electron chi connectivity index (χ3n) is 3.34. The van der Waals surface area contributed by atoms with Gasteiger partial charge in [-0.05, 0) is 35.9 Å². The van der Waals surface area contributed by atoms with Gasteiger partial charge in [0, 0.05) is 18.1 Å². The normalized spacial score (nSPS) is 11.0. The fourth-order valence-corrected chi connectivity index (χ4v) is 2.13. The highest BCUT2D eigenvalue weighted by atomic mass is 19.2. The largest absolute Gasteiger partial charge is 0.306 e. The first-order chi connectivity index (χ1) is 11.1. The second kappa shape index (κ2) is 6.36. The van der Waals surface area contributed by atoms with Gasteiger partial charge in [0.05, 0.1) is 11.9 Å². The van der Waals surface area contributed by atoms with Crippen molar-refractivity contribution < 1.29 is 13.6 Å². The Hall–Kier alpha value is -3.08. The second-order valence-electron chi connectivity index (χ2n) is 4.86. The van der Waals surface area contributed by atoms with Crippen LogP contribution in [-0.4, -0.2) is 15.3 Å². The molecular weight excluding hydrogens is 298 g/mol. The molecule has 0 saturated heterocycles. The van der Waals surface area contributed by atoms with E-state index >= 15 is 0 Å². The Labute approximate surface area is 131 Å². The first-order valence-corrected chi connectivity index (χ1v) is 6.90. The van der Waals surface area contributed by atoms with E-state index in [1.54, 1.807) is 18.6 Å². The summed E-state index contributed by atoms with van der Waals surface area (Å²) in [6.45, 7) is 0. The number of hydrogen-bond donors (Lipinski definition) is 0. The Morgan fingerprint density at radius 2 is 1.87 bits per heavy atom. The molecule has 0 bridgehead atoms. The first-order valence-electron chi connectivity index (χ1n) is 6.90. The number of aromatic nitrogens is 2. The predicted octanol–water partition coefficient (Wildman–Crippen LogP) is 4.05. The number of allylic oxidation sites excluding steroid dienone is 1. The molecule has 0 aliphatic heterocycles. The third-order valence-corrected chi connectivity index (χ3v) is 3.34. The zero-order valence-electron chi connectivity index (χ0n) is 12.0. The van der Waals surface area contributed by atoms with E-state index in [9.17, 15) is 13.6 Å². The number of benzene rings is 2. The van der Waals surface area contributed by atoms with Gasteiger partial charge in [0.25, 0.3) is 0 Å². The van der Waals surface area contributed by atoms with Crippen LogP contribution in [0.4, 0.5) is 8.78 Å². The molecule has 1 aromatic heterocycles. The molecule has 0 atom stereocenters. The minimum atomic E-state index is -1.13. The molecule has 2 aromatic carbocycles. The lowest BCUT2D eigenvalue weighted by atomic mass is 10.1. The lowest BCUT2D eigenvalue weighted by Gasteiger charge is -2.02. The van der Waals surface area contributed by atoms with Crippen LogP contribution in [0.1, 0.15) is 15.9 Å². The summed E-state index contributed by atoms with van der Waals surface area (Å²) in [7, 11) is 0. The zero-order valence-corrected chi connectivity index (χ0v) is 12.0. The molecule has 3 rings (SSSR count). The van der Waals surface area contributed by atoms with Crippen LogP contribution in [0, 0.1) is 11.6 Å². The SMILES string of the molecule is O=C(/C=C/c1ccc(-n2ccnc2)cc1)c1cccc(F)c1F. The Balaban J connectivity index is 1.77. The van der Waals surface area contributed by atoms with E-state index in [4.69, 9.17) is 0 Å². The predicted molar refractivity (Wildman–Crippen MR) is 83.3 cm³/mol. The molecule has 3 nitrogen and oxygen atoms in total. The van der Waals surface area contributed by atoms with Crippen LogP contribution in [0.15, 0.2) is 67.3 Å². The number of hydrogen-bond acceptors (Lipinski definition) is 2. The summed E-state index contributed by atoms with van der Waals surface area (Å²) < 4.78 is 28.5. The molecule has 3 aromatic rings. The average molecular weight is 310 g/mol. The van der Waals surface area contributed by atoms with Gasteiger partial charge in [-0.25, -0.2) is 13.8 Å². The van der Waals surface area contributed by atoms with Crippen LogP contribution in [0.2, 0.25) is 0 Å². The van der Waals surface area contributed by atoms with Gasteiger partial charge in [-0.2, -0.15) is 0 Å². The maximum Gasteiger partial charge on any atom is 0.188 e. The maximum atomic E-state index is 13.5. The number of carbonyl (C=O) groups excluding carboxylic acids is 1. The molecule has 5 heteroatoms. The topological polar surface area (TPSA) is 34.9 Å². The van der Waals surface area contributed by atoms with E-state index < -0.39 is 17.4 Å². The number of nitrogens with zero attached hydrogens (tertiary/aromatic N) is 2. The van der Waals surface area contributed by atoms with E-state index in [0.717, 1.165) is 17.3 Å². The molecule has 0 spiro atoms. The van der Waals surface area contributed by atoms with Crippen molar-refractivity contribution in [1.29, 1.82) is 0 Å². The maximum absolute atomic E-state index is 13.5. The lowest BCUT2D eigenvalue weighted by Crippen LogP contribution is -2.00.